The van der Waals surface area contributed by atoms with E-state index in [0.717, 1.165) is 23.4 Å². The van der Waals surface area contributed by atoms with Gasteiger partial charge in [-0.2, -0.15) is 0 Å². The Hall–Kier alpha value is -3.38. The largest absolute Gasteiger partial charge is 0.378 e. The van der Waals surface area contributed by atoms with E-state index in [1.165, 1.54) is 5.56 Å². The summed E-state index contributed by atoms with van der Waals surface area (Å²) >= 11 is 0. The van der Waals surface area contributed by atoms with E-state index in [4.69, 9.17) is 0 Å². The molecule has 6 nitrogen and oxygen atoms in total. The molecule has 0 bridgehead atoms. The first-order chi connectivity index (χ1) is 15.4. The van der Waals surface area contributed by atoms with Crippen molar-refractivity contribution in [2.24, 2.45) is 0 Å². The van der Waals surface area contributed by atoms with Gasteiger partial charge in [-0.05, 0) is 60.9 Å². The summed E-state index contributed by atoms with van der Waals surface area (Å²) in [4.78, 5) is 27.3. The van der Waals surface area contributed by atoms with Crippen molar-refractivity contribution in [3.63, 3.8) is 0 Å². The van der Waals surface area contributed by atoms with E-state index in [9.17, 15) is 9.59 Å². The van der Waals surface area contributed by atoms with Crippen LogP contribution in [-0.4, -0.2) is 46.0 Å². The van der Waals surface area contributed by atoms with E-state index in [2.05, 4.69) is 28.1 Å². The summed E-state index contributed by atoms with van der Waals surface area (Å²) < 4.78 is 0. The number of nitrogens with zero attached hydrogens (tertiary/aromatic N) is 1. The van der Waals surface area contributed by atoms with Gasteiger partial charge in [0.2, 0.25) is 0 Å². The predicted octanol–water partition coefficient (Wildman–Crippen LogP) is 3.60. The van der Waals surface area contributed by atoms with E-state index < -0.39 is 0 Å². The first-order valence-electron chi connectivity index (χ1n) is 10.8. The van der Waals surface area contributed by atoms with Gasteiger partial charge in [0.15, 0.2) is 5.78 Å². The van der Waals surface area contributed by atoms with Crippen LogP contribution in [0.15, 0.2) is 59.7 Å². The number of hydrogen-bond acceptors (Lipinski definition) is 4. The highest BCUT2D eigenvalue weighted by Gasteiger charge is 2.28. The highest BCUT2D eigenvalue weighted by atomic mass is 16.2. The molecule has 2 amide bonds. The molecule has 0 heterocycles. The number of Topliss-reactive ketones (excluding diaryl/α,β-unsaturated/α-hetero) is 1. The van der Waals surface area contributed by atoms with Crippen molar-refractivity contribution < 1.29 is 9.59 Å². The summed E-state index contributed by atoms with van der Waals surface area (Å²) in [6.45, 7) is 0.799. The van der Waals surface area contributed by atoms with Crippen LogP contribution in [0.4, 0.5) is 10.5 Å². The highest BCUT2D eigenvalue weighted by molar-refractivity contribution is 6.14. The fourth-order valence-corrected chi connectivity index (χ4v) is 3.81. The Bertz CT molecular complexity index is 1010. The number of carbonyl (C=O) groups excluding carboxylic acids is 2. The number of rotatable bonds is 6. The Morgan fingerprint density at radius 1 is 0.938 bits per heavy atom. The van der Waals surface area contributed by atoms with Crippen molar-refractivity contribution in [1.82, 2.24) is 16.0 Å². The molecule has 6 heteroatoms. The smallest absolute Gasteiger partial charge is 0.314 e. The lowest BCUT2D eigenvalue weighted by Gasteiger charge is -2.26. The van der Waals surface area contributed by atoms with Crippen LogP contribution < -0.4 is 20.9 Å². The third-order valence-electron chi connectivity index (χ3n) is 5.53. The average molecular weight is 433 g/mol. The molecule has 1 aliphatic carbocycles. The third kappa shape index (κ3) is 6.08. The van der Waals surface area contributed by atoms with Gasteiger partial charge in [0.05, 0.1) is 0 Å². The standard InChI is InChI=1S/C26H32N4O2/c1-27-17-20-7-5-18(6-8-20)13-21-15-23(29-26(32)28-2)16-22(25(21)31)14-19-9-11-24(12-10-19)30(3)4/h5-14,23,27H,15-17H2,1-4H3,(H2,28,29,32)/b21-13+,22-14+. The monoisotopic (exact) mass is 432 g/mol. The molecule has 0 radical (unpaired) electrons. The normalized spacial score (nSPS) is 18.6. The molecule has 0 spiro atoms. The average Bonchev–Trinajstić information content (AvgIpc) is 2.78. The van der Waals surface area contributed by atoms with Crippen molar-refractivity contribution >= 4 is 29.7 Å². The molecule has 1 atom stereocenters. The van der Waals surface area contributed by atoms with Crippen LogP contribution in [0.3, 0.4) is 0 Å². The molecule has 1 unspecified atom stereocenters. The number of ketones is 1. The van der Waals surface area contributed by atoms with Crippen LogP contribution in [0, 0.1) is 0 Å². The van der Waals surface area contributed by atoms with Crippen LogP contribution in [0.1, 0.15) is 29.5 Å². The summed E-state index contributed by atoms with van der Waals surface area (Å²) in [5.41, 5.74) is 5.64. The van der Waals surface area contributed by atoms with E-state index in [1.807, 2.05) is 74.6 Å². The van der Waals surface area contributed by atoms with Crippen LogP contribution in [0.2, 0.25) is 0 Å². The summed E-state index contributed by atoms with van der Waals surface area (Å²) in [7, 11) is 7.50. The maximum Gasteiger partial charge on any atom is 0.314 e. The Kier molecular flexibility index (Phi) is 7.84. The van der Waals surface area contributed by atoms with Gasteiger partial charge in [-0.15, -0.1) is 0 Å². The van der Waals surface area contributed by atoms with E-state index >= 15 is 0 Å². The van der Waals surface area contributed by atoms with Crippen LogP contribution in [-0.2, 0) is 11.3 Å². The molecule has 32 heavy (non-hydrogen) atoms. The summed E-state index contributed by atoms with van der Waals surface area (Å²) in [6, 6.07) is 15.8. The minimum Gasteiger partial charge on any atom is -0.378 e. The molecule has 1 aliphatic rings. The van der Waals surface area contributed by atoms with Gasteiger partial charge in [-0.25, -0.2) is 4.79 Å². The second-order valence-corrected chi connectivity index (χ2v) is 8.25. The molecule has 1 fully saturated rings. The number of carbonyl (C=O) groups is 2. The van der Waals surface area contributed by atoms with Crippen molar-refractivity contribution in [3.8, 4) is 0 Å². The lowest BCUT2D eigenvalue weighted by molar-refractivity contribution is -0.113. The fourth-order valence-electron chi connectivity index (χ4n) is 3.81. The van der Waals surface area contributed by atoms with Gasteiger partial charge in [0.1, 0.15) is 0 Å². The molecule has 168 valence electrons. The highest BCUT2D eigenvalue weighted by Crippen LogP contribution is 2.29. The number of amides is 2. The van der Waals surface area contributed by atoms with Gasteiger partial charge in [-0.3, -0.25) is 4.79 Å². The summed E-state index contributed by atoms with van der Waals surface area (Å²) in [5, 5.41) is 8.71. The molecule has 3 rings (SSSR count). The van der Waals surface area contributed by atoms with Crippen LogP contribution in [0.5, 0.6) is 0 Å². The second kappa shape index (κ2) is 10.8. The Balaban J connectivity index is 1.90. The first-order valence-corrected chi connectivity index (χ1v) is 10.8. The van der Waals surface area contributed by atoms with Crippen molar-refractivity contribution in [1.29, 1.82) is 0 Å². The maximum atomic E-state index is 13.3. The summed E-state index contributed by atoms with van der Waals surface area (Å²) in [6.07, 6.45) is 4.87. The van der Waals surface area contributed by atoms with Gasteiger partial charge >= 0.3 is 6.03 Å². The van der Waals surface area contributed by atoms with Crippen LogP contribution >= 0.6 is 0 Å². The molecule has 2 aromatic carbocycles. The first kappa shape index (κ1) is 23.3. The summed E-state index contributed by atoms with van der Waals surface area (Å²) in [5.74, 6) is 0.0379. The Labute approximate surface area is 190 Å². The van der Waals surface area contributed by atoms with Crippen molar-refractivity contribution in [2.45, 2.75) is 25.4 Å². The van der Waals surface area contributed by atoms with E-state index in [0.29, 0.717) is 24.0 Å². The molecule has 2 aromatic rings. The Morgan fingerprint density at radius 2 is 1.47 bits per heavy atom. The number of benzene rings is 2. The van der Waals surface area contributed by atoms with E-state index in [1.54, 1.807) is 7.05 Å². The van der Waals surface area contributed by atoms with E-state index in [-0.39, 0.29) is 17.9 Å². The lowest BCUT2D eigenvalue weighted by atomic mass is 9.83. The second-order valence-electron chi connectivity index (χ2n) is 8.25. The minimum atomic E-state index is -0.241. The minimum absolute atomic E-state index is 0.0379. The van der Waals surface area contributed by atoms with Gasteiger partial charge in [0, 0.05) is 50.6 Å². The number of anilines is 1. The fraction of sp³-hybridized carbons (Fsp3) is 0.308. The molecule has 0 aromatic heterocycles. The molecule has 3 N–H and O–H groups in total. The van der Waals surface area contributed by atoms with Crippen LogP contribution in [0.25, 0.3) is 12.2 Å². The zero-order chi connectivity index (χ0) is 23.1. The molecular formula is C26H32N4O2. The predicted molar refractivity (Wildman–Crippen MR) is 132 cm³/mol. The van der Waals surface area contributed by atoms with Crippen molar-refractivity contribution in [2.75, 3.05) is 33.1 Å². The van der Waals surface area contributed by atoms with Gasteiger partial charge < -0.3 is 20.9 Å². The zero-order valence-electron chi connectivity index (χ0n) is 19.2. The molecule has 1 saturated carbocycles. The maximum absolute atomic E-state index is 13.3. The lowest BCUT2D eigenvalue weighted by Crippen LogP contribution is -2.43. The quantitative estimate of drug-likeness (QED) is 0.610. The Morgan fingerprint density at radius 3 is 1.94 bits per heavy atom. The molecular weight excluding hydrogens is 400 g/mol. The molecule has 0 aliphatic heterocycles. The zero-order valence-corrected chi connectivity index (χ0v) is 19.2. The number of urea groups is 1. The SMILES string of the molecule is CNCc1ccc(/C=C2\CC(NC(=O)NC)C/C(=C\c3ccc(N(C)C)cc3)C2=O)cc1. The topological polar surface area (TPSA) is 73.5 Å². The molecule has 0 saturated heterocycles. The number of hydrogen-bond donors (Lipinski definition) is 3. The van der Waals surface area contributed by atoms with Gasteiger partial charge in [0.25, 0.3) is 0 Å². The number of nitrogens with one attached hydrogen (secondary N) is 3. The van der Waals surface area contributed by atoms with Crippen molar-refractivity contribution in [3.05, 3.63) is 76.4 Å². The third-order valence-corrected chi connectivity index (χ3v) is 5.53. The van der Waals surface area contributed by atoms with Gasteiger partial charge in [-0.1, -0.05) is 36.4 Å².